The highest BCUT2D eigenvalue weighted by molar-refractivity contribution is 5.31. The summed E-state index contributed by atoms with van der Waals surface area (Å²) in [7, 11) is 0. The van der Waals surface area contributed by atoms with Gasteiger partial charge in [-0.05, 0) is 24.3 Å². The third-order valence-corrected chi connectivity index (χ3v) is 2.28. The van der Waals surface area contributed by atoms with Crippen molar-refractivity contribution in [1.29, 1.82) is 0 Å². The van der Waals surface area contributed by atoms with Gasteiger partial charge in [0.2, 0.25) is 5.88 Å². The lowest BCUT2D eigenvalue weighted by Gasteiger charge is -2.08. The van der Waals surface area contributed by atoms with Crippen molar-refractivity contribution in [2.24, 2.45) is 5.73 Å². The van der Waals surface area contributed by atoms with Gasteiger partial charge in [0.15, 0.2) is 0 Å². The minimum Gasteiger partial charge on any atom is -0.437 e. The molecule has 0 bridgehead atoms. The molecule has 0 fully saturated rings. The van der Waals surface area contributed by atoms with E-state index in [-0.39, 0.29) is 18.2 Å². The normalized spacial score (nSPS) is 11.4. The number of ether oxygens (including phenoxy) is 1. The van der Waals surface area contributed by atoms with Crippen LogP contribution in [0.15, 0.2) is 36.7 Å². The van der Waals surface area contributed by atoms with Gasteiger partial charge in [0.05, 0.1) is 17.5 Å². The van der Waals surface area contributed by atoms with E-state index >= 15 is 0 Å². The van der Waals surface area contributed by atoms with Crippen molar-refractivity contribution in [2.75, 3.05) is 0 Å². The quantitative estimate of drug-likeness (QED) is 0.930. The maximum atomic E-state index is 12.4. The summed E-state index contributed by atoms with van der Waals surface area (Å²) in [6.45, 7) is 0.206. The first-order valence-corrected chi connectivity index (χ1v) is 5.35. The predicted octanol–water partition coefficient (Wildman–Crippen LogP) is 2.75. The Morgan fingerprint density at radius 3 is 2.37 bits per heavy atom. The van der Waals surface area contributed by atoms with Gasteiger partial charge in [-0.25, -0.2) is 4.98 Å². The molecule has 100 valence electrons. The standard InChI is InChI=1S/C12H10F3N3O/c13-12(14,15)8-1-3-10(4-2-8)19-11-7-17-6-9(5-16)18-11/h1-4,6-7H,5,16H2. The first-order valence-electron chi connectivity index (χ1n) is 5.35. The van der Waals surface area contributed by atoms with E-state index in [4.69, 9.17) is 10.5 Å². The van der Waals surface area contributed by atoms with Gasteiger partial charge in [-0.15, -0.1) is 0 Å². The number of aromatic nitrogens is 2. The molecule has 0 amide bonds. The summed E-state index contributed by atoms with van der Waals surface area (Å²) in [6.07, 6.45) is -1.52. The molecule has 0 aliphatic rings. The lowest BCUT2D eigenvalue weighted by atomic mass is 10.2. The van der Waals surface area contributed by atoms with Gasteiger partial charge in [-0.1, -0.05) is 0 Å². The second kappa shape index (κ2) is 5.23. The summed E-state index contributed by atoms with van der Waals surface area (Å²) in [5.41, 5.74) is 5.19. The first kappa shape index (κ1) is 13.3. The fourth-order valence-corrected chi connectivity index (χ4v) is 1.37. The Morgan fingerprint density at radius 2 is 1.79 bits per heavy atom. The van der Waals surface area contributed by atoms with Crippen LogP contribution in [-0.2, 0) is 12.7 Å². The fourth-order valence-electron chi connectivity index (χ4n) is 1.37. The van der Waals surface area contributed by atoms with E-state index in [1.54, 1.807) is 0 Å². The van der Waals surface area contributed by atoms with E-state index in [1.807, 2.05) is 0 Å². The number of alkyl halides is 3. The third kappa shape index (κ3) is 3.41. The summed E-state index contributed by atoms with van der Waals surface area (Å²) in [5.74, 6) is 0.430. The van der Waals surface area contributed by atoms with Crippen LogP contribution >= 0.6 is 0 Å². The van der Waals surface area contributed by atoms with E-state index in [0.29, 0.717) is 5.69 Å². The predicted molar refractivity (Wildman–Crippen MR) is 61.4 cm³/mol. The molecule has 2 N–H and O–H groups in total. The molecular weight excluding hydrogens is 259 g/mol. The van der Waals surface area contributed by atoms with Gasteiger partial charge in [0.1, 0.15) is 5.75 Å². The molecule has 0 saturated heterocycles. The van der Waals surface area contributed by atoms with Crippen molar-refractivity contribution in [1.82, 2.24) is 9.97 Å². The van der Waals surface area contributed by atoms with Crippen molar-refractivity contribution in [3.8, 4) is 11.6 Å². The summed E-state index contributed by atoms with van der Waals surface area (Å²) < 4.78 is 42.4. The molecule has 0 aliphatic carbocycles. The molecule has 1 aromatic heterocycles. The summed E-state index contributed by atoms with van der Waals surface area (Å²) in [5, 5.41) is 0. The average Bonchev–Trinajstić information content (AvgIpc) is 2.38. The minimum absolute atomic E-state index is 0.183. The van der Waals surface area contributed by atoms with Crippen LogP contribution in [0.25, 0.3) is 0 Å². The minimum atomic E-state index is -4.36. The molecule has 4 nitrogen and oxygen atoms in total. The smallest absolute Gasteiger partial charge is 0.416 e. The van der Waals surface area contributed by atoms with Crippen LogP contribution in [0.2, 0.25) is 0 Å². The van der Waals surface area contributed by atoms with Gasteiger partial charge in [0, 0.05) is 12.7 Å². The van der Waals surface area contributed by atoms with Crippen LogP contribution in [0.5, 0.6) is 11.6 Å². The molecule has 0 saturated carbocycles. The highest BCUT2D eigenvalue weighted by atomic mass is 19.4. The van der Waals surface area contributed by atoms with E-state index in [9.17, 15) is 13.2 Å². The Morgan fingerprint density at radius 1 is 1.11 bits per heavy atom. The second-order valence-electron chi connectivity index (χ2n) is 3.68. The SMILES string of the molecule is NCc1cncc(Oc2ccc(C(F)(F)F)cc2)n1. The van der Waals surface area contributed by atoms with Crippen molar-refractivity contribution in [3.05, 3.63) is 47.9 Å². The van der Waals surface area contributed by atoms with Crippen molar-refractivity contribution in [3.63, 3.8) is 0 Å². The second-order valence-corrected chi connectivity index (χ2v) is 3.68. The molecule has 0 radical (unpaired) electrons. The van der Waals surface area contributed by atoms with Crippen LogP contribution in [0.1, 0.15) is 11.3 Å². The molecule has 0 aliphatic heterocycles. The van der Waals surface area contributed by atoms with Gasteiger partial charge in [-0.3, -0.25) is 4.98 Å². The van der Waals surface area contributed by atoms with Crippen molar-refractivity contribution in [2.45, 2.75) is 12.7 Å². The molecule has 1 aromatic carbocycles. The van der Waals surface area contributed by atoms with E-state index in [0.717, 1.165) is 12.1 Å². The van der Waals surface area contributed by atoms with Crippen LogP contribution in [0.4, 0.5) is 13.2 Å². The molecular formula is C12H10F3N3O. The number of nitrogens with zero attached hydrogens (tertiary/aromatic N) is 2. The third-order valence-electron chi connectivity index (χ3n) is 2.28. The molecule has 2 rings (SSSR count). The molecule has 0 spiro atoms. The lowest BCUT2D eigenvalue weighted by molar-refractivity contribution is -0.137. The summed E-state index contributed by atoms with van der Waals surface area (Å²) in [4.78, 5) is 7.89. The van der Waals surface area contributed by atoms with Crippen LogP contribution in [-0.4, -0.2) is 9.97 Å². The average molecular weight is 269 g/mol. The van der Waals surface area contributed by atoms with Crippen LogP contribution < -0.4 is 10.5 Å². The Kier molecular flexibility index (Phi) is 3.66. The molecule has 0 unspecified atom stereocenters. The summed E-state index contributed by atoms with van der Waals surface area (Å²) in [6, 6.07) is 4.32. The molecule has 7 heteroatoms. The van der Waals surface area contributed by atoms with E-state index in [2.05, 4.69) is 9.97 Å². The Balaban J connectivity index is 2.15. The molecule has 1 heterocycles. The topological polar surface area (TPSA) is 61.0 Å². The zero-order valence-electron chi connectivity index (χ0n) is 9.69. The zero-order valence-corrected chi connectivity index (χ0v) is 9.69. The van der Waals surface area contributed by atoms with Gasteiger partial charge in [-0.2, -0.15) is 13.2 Å². The number of nitrogens with two attached hydrogens (primary N) is 1. The Bertz CT molecular complexity index is 555. The highest BCUT2D eigenvalue weighted by Gasteiger charge is 2.30. The number of halogens is 3. The number of hydrogen-bond acceptors (Lipinski definition) is 4. The Labute approximate surface area is 107 Å². The summed E-state index contributed by atoms with van der Waals surface area (Å²) >= 11 is 0. The number of rotatable bonds is 3. The maximum absolute atomic E-state index is 12.4. The number of benzene rings is 1. The van der Waals surface area contributed by atoms with Crippen molar-refractivity contribution < 1.29 is 17.9 Å². The van der Waals surface area contributed by atoms with Gasteiger partial charge >= 0.3 is 6.18 Å². The molecule has 0 atom stereocenters. The number of hydrogen-bond donors (Lipinski definition) is 1. The first-order chi connectivity index (χ1) is 8.99. The maximum Gasteiger partial charge on any atom is 0.416 e. The fraction of sp³-hybridized carbons (Fsp3) is 0.167. The zero-order chi connectivity index (χ0) is 13.9. The van der Waals surface area contributed by atoms with Gasteiger partial charge < -0.3 is 10.5 Å². The van der Waals surface area contributed by atoms with Crippen LogP contribution in [0, 0.1) is 0 Å². The monoisotopic (exact) mass is 269 g/mol. The Hall–Kier alpha value is -2.15. The molecule has 2 aromatic rings. The van der Waals surface area contributed by atoms with Gasteiger partial charge in [0.25, 0.3) is 0 Å². The highest BCUT2D eigenvalue weighted by Crippen LogP contribution is 2.31. The lowest BCUT2D eigenvalue weighted by Crippen LogP contribution is -2.04. The largest absolute Gasteiger partial charge is 0.437 e. The van der Waals surface area contributed by atoms with Crippen molar-refractivity contribution >= 4 is 0 Å². The van der Waals surface area contributed by atoms with Crippen LogP contribution in [0.3, 0.4) is 0 Å². The van der Waals surface area contributed by atoms with E-state index < -0.39 is 11.7 Å². The molecule has 19 heavy (non-hydrogen) atoms. The van der Waals surface area contributed by atoms with E-state index in [1.165, 1.54) is 24.5 Å².